The van der Waals surface area contributed by atoms with Crippen LogP contribution in [0.5, 0.6) is 0 Å². The number of hydrogen-bond donors (Lipinski definition) is 0. The van der Waals surface area contributed by atoms with Crippen molar-refractivity contribution in [1.82, 2.24) is 9.80 Å². The summed E-state index contributed by atoms with van der Waals surface area (Å²) in [5.41, 5.74) is 0. The third-order valence-corrected chi connectivity index (χ3v) is 4.61. The van der Waals surface area contributed by atoms with E-state index in [1.54, 1.807) is 0 Å². The number of carbonyl (C=O) groups excluding carboxylic acids is 1. The largest absolute Gasteiger partial charge is 0.303 e. The smallest absolute Gasteiger partial charge is 0.134 e. The van der Waals surface area contributed by atoms with E-state index in [0.29, 0.717) is 17.9 Å². The van der Waals surface area contributed by atoms with Crippen LogP contribution in [-0.2, 0) is 4.79 Å². The molecule has 3 nitrogen and oxygen atoms in total. The van der Waals surface area contributed by atoms with Crippen LogP contribution in [0.2, 0.25) is 0 Å². The molecule has 0 aromatic carbocycles. The van der Waals surface area contributed by atoms with Crippen LogP contribution in [0.1, 0.15) is 45.4 Å². The molecule has 3 heteroatoms. The van der Waals surface area contributed by atoms with E-state index in [0.717, 1.165) is 19.3 Å². The molecule has 2 aliphatic rings. The first-order chi connectivity index (χ1) is 8.20. The molecular weight excluding hydrogens is 212 g/mol. The number of hydrogen-bond acceptors (Lipinski definition) is 3. The molecule has 0 amide bonds. The van der Waals surface area contributed by atoms with Crippen molar-refractivity contribution in [3.63, 3.8) is 0 Å². The second-order valence-electron chi connectivity index (χ2n) is 5.62. The fraction of sp³-hybridized carbons (Fsp3) is 0.929. The van der Waals surface area contributed by atoms with Gasteiger partial charge in [-0.25, -0.2) is 0 Å². The summed E-state index contributed by atoms with van der Waals surface area (Å²) in [7, 11) is 2.23. The van der Waals surface area contributed by atoms with Gasteiger partial charge in [-0.05, 0) is 52.4 Å². The Labute approximate surface area is 105 Å². The summed E-state index contributed by atoms with van der Waals surface area (Å²) in [6, 6.07) is 1.23. The van der Waals surface area contributed by atoms with E-state index < -0.39 is 0 Å². The highest BCUT2D eigenvalue weighted by Gasteiger charge is 2.29. The first-order valence-electron chi connectivity index (χ1n) is 7.16. The third-order valence-electron chi connectivity index (χ3n) is 4.61. The summed E-state index contributed by atoms with van der Waals surface area (Å²) in [6.45, 7) is 5.88. The van der Waals surface area contributed by atoms with Crippen molar-refractivity contribution in [2.45, 2.75) is 57.5 Å². The molecule has 0 aromatic rings. The molecule has 0 aromatic heterocycles. The van der Waals surface area contributed by atoms with Gasteiger partial charge in [0.05, 0.1) is 0 Å². The maximum absolute atomic E-state index is 11.5. The van der Waals surface area contributed by atoms with Gasteiger partial charge in [-0.3, -0.25) is 9.69 Å². The van der Waals surface area contributed by atoms with E-state index in [2.05, 4.69) is 23.8 Å². The van der Waals surface area contributed by atoms with Crippen molar-refractivity contribution < 1.29 is 4.79 Å². The highest BCUT2D eigenvalue weighted by molar-refractivity contribution is 5.79. The average molecular weight is 238 g/mol. The summed E-state index contributed by atoms with van der Waals surface area (Å²) in [5, 5.41) is 0. The van der Waals surface area contributed by atoms with Gasteiger partial charge >= 0.3 is 0 Å². The van der Waals surface area contributed by atoms with Crippen LogP contribution in [0.25, 0.3) is 0 Å². The molecule has 0 spiro atoms. The zero-order valence-corrected chi connectivity index (χ0v) is 11.3. The standard InChI is InChI=1S/C14H26N2O/c1-3-16-9-7-12(8-10-16)15(2)13-5-4-6-14(17)11-13/h12-13H,3-11H2,1-2H3. The molecule has 1 saturated carbocycles. The SMILES string of the molecule is CCN1CCC(N(C)C2CCCC(=O)C2)CC1. The van der Waals surface area contributed by atoms with Gasteiger partial charge in [-0.1, -0.05) is 6.92 Å². The summed E-state index contributed by atoms with van der Waals surface area (Å²) in [5.74, 6) is 0.471. The van der Waals surface area contributed by atoms with Gasteiger partial charge in [0, 0.05) is 24.9 Å². The Morgan fingerprint density at radius 3 is 2.53 bits per heavy atom. The Balaban J connectivity index is 1.83. The van der Waals surface area contributed by atoms with E-state index in [1.807, 2.05) is 0 Å². The van der Waals surface area contributed by atoms with Crippen molar-refractivity contribution in [3.05, 3.63) is 0 Å². The van der Waals surface area contributed by atoms with E-state index in [-0.39, 0.29) is 0 Å². The lowest BCUT2D eigenvalue weighted by atomic mass is 9.91. The van der Waals surface area contributed by atoms with Crippen LogP contribution in [0.4, 0.5) is 0 Å². The monoisotopic (exact) mass is 238 g/mol. The molecule has 2 rings (SSSR count). The number of carbonyl (C=O) groups is 1. The number of nitrogens with zero attached hydrogens (tertiary/aromatic N) is 2. The molecule has 0 radical (unpaired) electrons. The Bertz CT molecular complexity index is 259. The molecule has 98 valence electrons. The van der Waals surface area contributed by atoms with Gasteiger partial charge in [-0.15, -0.1) is 0 Å². The maximum atomic E-state index is 11.5. The molecule has 1 atom stereocenters. The first-order valence-corrected chi connectivity index (χ1v) is 7.16. The molecule has 1 heterocycles. The zero-order valence-electron chi connectivity index (χ0n) is 11.3. The quantitative estimate of drug-likeness (QED) is 0.750. The van der Waals surface area contributed by atoms with E-state index >= 15 is 0 Å². The Morgan fingerprint density at radius 1 is 1.24 bits per heavy atom. The Hall–Kier alpha value is -0.410. The molecule has 1 aliphatic heterocycles. The van der Waals surface area contributed by atoms with Gasteiger partial charge < -0.3 is 4.90 Å². The van der Waals surface area contributed by atoms with Crippen molar-refractivity contribution in [3.8, 4) is 0 Å². The van der Waals surface area contributed by atoms with Gasteiger partial charge in [0.1, 0.15) is 5.78 Å². The fourth-order valence-corrected chi connectivity index (χ4v) is 3.29. The van der Waals surface area contributed by atoms with Crippen LogP contribution < -0.4 is 0 Å². The highest BCUT2D eigenvalue weighted by atomic mass is 16.1. The minimum absolute atomic E-state index is 0.471. The van der Waals surface area contributed by atoms with Crippen molar-refractivity contribution in [2.24, 2.45) is 0 Å². The number of likely N-dealkylation sites (tertiary alicyclic amines) is 1. The van der Waals surface area contributed by atoms with Crippen molar-refractivity contribution in [2.75, 3.05) is 26.7 Å². The first kappa shape index (κ1) is 13.0. The Kier molecular flexibility index (Phi) is 4.57. The van der Waals surface area contributed by atoms with Gasteiger partial charge in [-0.2, -0.15) is 0 Å². The van der Waals surface area contributed by atoms with Crippen LogP contribution >= 0.6 is 0 Å². The Morgan fingerprint density at radius 2 is 1.94 bits per heavy atom. The zero-order chi connectivity index (χ0) is 12.3. The molecule has 0 N–H and O–H groups in total. The topological polar surface area (TPSA) is 23.6 Å². The van der Waals surface area contributed by atoms with Gasteiger partial charge in [0.15, 0.2) is 0 Å². The lowest BCUT2D eigenvalue weighted by Gasteiger charge is -2.41. The number of ketones is 1. The number of rotatable bonds is 3. The van der Waals surface area contributed by atoms with Gasteiger partial charge in [0.25, 0.3) is 0 Å². The van der Waals surface area contributed by atoms with E-state index in [1.165, 1.54) is 38.9 Å². The third kappa shape index (κ3) is 3.29. The summed E-state index contributed by atoms with van der Waals surface area (Å²) in [6.07, 6.45) is 6.48. The molecule has 0 bridgehead atoms. The maximum Gasteiger partial charge on any atom is 0.134 e. The summed E-state index contributed by atoms with van der Waals surface area (Å²) in [4.78, 5) is 16.6. The lowest BCUT2D eigenvalue weighted by Crippen LogP contribution is -2.48. The normalized spacial score (nSPS) is 28.9. The minimum Gasteiger partial charge on any atom is -0.303 e. The minimum atomic E-state index is 0.471. The van der Waals surface area contributed by atoms with Crippen LogP contribution in [0.15, 0.2) is 0 Å². The van der Waals surface area contributed by atoms with E-state index in [9.17, 15) is 4.79 Å². The second kappa shape index (κ2) is 5.96. The summed E-state index contributed by atoms with van der Waals surface area (Å²) < 4.78 is 0. The number of Topliss-reactive ketones (excluding diaryl/α,β-unsaturated/α-hetero) is 1. The van der Waals surface area contributed by atoms with Crippen molar-refractivity contribution >= 4 is 5.78 Å². The summed E-state index contributed by atoms with van der Waals surface area (Å²) >= 11 is 0. The van der Waals surface area contributed by atoms with Crippen LogP contribution in [-0.4, -0.2) is 54.3 Å². The predicted molar refractivity (Wildman–Crippen MR) is 70.2 cm³/mol. The average Bonchev–Trinajstić information content (AvgIpc) is 2.38. The lowest BCUT2D eigenvalue weighted by molar-refractivity contribution is -0.122. The molecule has 1 aliphatic carbocycles. The fourth-order valence-electron chi connectivity index (χ4n) is 3.29. The molecule has 2 fully saturated rings. The second-order valence-corrected chi connectivity index (χ2v) is 5.62. The highest BCUT2D eigenvalue weighted by Crippen LogP contribution is 2.24. The molecular formula is C14H26N2O. The van der Waals surface area contributed by atoms with E-state index in [4.69, 9.17) is 0 Å². The van der Waals surface area contributed by atoms with Crippen LogP contribution in [0.3, 0.4) is 0 Å². The molecule has 17 heavy (non-hydrogen) atoms. The predicted octanol–water partition coefficient (Wildman–Crippen LogP) is 1.91. The van der Waals surface area contributed by atoms with Crippen LogP contribution in [0, 0.1) is 0 Å². The van der Waals surface area contributed by atoms with Crippen molar-refractivity contribution in [1.29, 1.82) is 0 Å². The molecule has 1 saturated heterocycles. The van der Waals surface area contributed by atoms with Gasteiger partial charge in [0.2, 0.25) is 0 Å². The molecule has 1 unspecified atom stereocenters. The number of piperidine rings is 1.